The third kappa shape index (κ3) is 4.11. The lowest BCUT2D eigenvalue weighted by Gasteiger charge is -2.29. The van der Waals surface area contributed by atoms with Crippen LogP contribution in [-0.4, -0.2) is 60.6 Å². The minimum atomic E-state index is -2.66. The van der Waals surface area contributed by atoms with Crippen LogP contribution in [-0.2, 0) is 17.2 Å². The normalized spacial score (nSPS) is 25.1. The van der Waals surface area contributed by atoms with Crippen molar-refractivity contribution in [3.8, 4) is 0 Å². The molecule has 0 bridgehead atoms. The summed E-state index contributed by atoms with van der Waals surface area (Å²) in [5.74, 6) is -4.15. The maximum Gasteiger partial charge on any atom is 0.287 e. The van der Waals surface area contributed by atoms with Gasteiger partial charge in [-0.25, -0.2) is 4.98 Å². The summed E-state index contributed by atoms with van der Waals surface area (Å²) in [5, 5.41) is 47.8. The van der Waals surface area contributed by atoms with E-state index in [9.17, 15) is 30.2 Å². The summed E-state index contributed by atoms with van der Waals surface area (Å²) in [6.45, 7) is -0.430. The van der Waals surface area contributed by atoms with E-state index in [1.807, 2.05) is 0 Å². The quantitative estimate of drug-likeness (QED) is 0.122. The Bertz CT molecular complexity index is 1040. The lowest BCUT2D eigenvalue weighted by Crippen LogP contribution is -2.48. The number of nitro groups is 1. The molecule has 2 heterocycles. The van der Waals surface area contributed by atoms with E-state index in [0.29, 0.717) is 10.1 Å². The first-order chi connectivity index (χ1) is 14.7. The lowest BCUT2D eigenvalue weighted by atomic mass is 10.1. The average Bonchev–Trinajstić information content (AvgIpc) is 3.24. The highest BCUT2D eigenvalue weighted by molar-refractivity contribution is 5.91. The molecule has 1 aromatic heterocycles. The first-order valence-electron chi connectivity index (χ1n) is 8.81. The number of nitrogens with zero attached hydrogens (tertiary/aromatic N) is 6. The zero-order valence-corrected chi connectivity index (χ0v) is 15.8. The van der Waals surface area contributed by atoms with Crippen molar-refractivity contribution in [3.63, 3.8) is 0 Å². The van der Waals surface area contributed by atoms with Crippen LogP contribution in [0.2, 0.25) is 0 Å². The number of carbonyl (C=O) groups excluding carboxylic acids is 1. The second-order valence-electron chi connectivity index (χ2n) is 6.61. The highest BCUT2D eigenvalue weighted by atomic mass is 16.7. The highest BCUT2D eigenvalue weighted by Gasteiger charge is 2.56. The summed E-state index contributed by atoms with van der Waals surface area (Å²) in [4.78, 5) is 29.1. The van der Waals surface area contributed by atoms with Gasteiger partial charge in [0.2, 0.25) is 5.82 Å². The van der Waals surface area contributed by atoms with Gasteiger partial charge in [0.1, 0.15) is 11.9 Å². The molecule has 1 aliphatic rings. The van der Waals surface area contributed by atoms with Crippen molar-refractivity contribution in [2.24, 2.45) is 5.11 Å². The number of aromatic nitrogens is 2. The number of nitrogen functional groups attached to an aromatic ring is 1. The zero-order chi connectivity index (χ0) is 22.8. The lowest BCUT2D eigenvalue weighted by molar-refractivity contribution is -0.384. The fraction of sp³-hybridized carbons (Fsp3) is 0.375. The molecule has 4 atom stereocenters. The number of anilines is 1. The third-order valence-electron chi connectivity index (χ3n) is 4.65. The van der Waals surface area contributed by atoms with Gasteiger partial charge in [-0.1, -0.05) is 17.2 Å². The van der Waals surface area contributed by atoms with Crippen LogP contribution in [0, 0.1) is 10.1 Å². The Morgan fingerprint density at radius 2 is 2.13 bits per heavy atom. The third-order valence-corrected chi connectivity index (χ3v) is 4.65. The van der Waals surface area contributed by atoms with E-state index in [1.165, 1.54) is 24.3 Å². The van der Waals surface area contributed by atoms with E-state index in [-0.39, 0.29) is 18.1 Å². The molecule has 1 aliphatic heterocycles. The standard InChI is InChI=1S/C16H18N8O7/c17-11-7-19-14(15(27)20-5-8-1-3-9(4-2-8)24(29)30)23(11)16(28)13(26)12(25)10(31-16)6-21-22-18/h1-4,7,10,12-13,25-26,28H,5-6,17H2,(H,20,27)/t10-,12-,13-,16-/m1/s1. The Balaban J connectivity index is 1.80. The SMILES string of the molecule is [N-]=[N+]=NC[C@H]1O[C@@](O)(n2c(N)cnc2C(=O)NCc2ccc([N+](=O)[O-])cc2)[C@H](O)[C@@H]1O. The predicted octanol–water partition coefficient (Wildman–Crippen LogP) is -0.663. The average molecular weight is 434 g/mol. The van der Waals surface area contributed by atoms with Crippen molar-refractivity contribution in [3.05, 3.63) is 62.4 Å². The predicted molar refractivity (Wildman–Crippen MR) is 102 cm³/mol. The van der Waals surface area contributed by atoms with Gasteiger partial charge in [-0.2, -0.15) is 0 Å². The first-order valence-corrected chi connectivity index (χ1v) is 8.81. The molecular weight excluding hydrogens is 416 g/mol. The van der Waals surface area contributed by atoms with Gasteiger partial charge in [0.25, 0.3) is 17.5 Å². The number of amides is 1. The molecule has 1 saturated heterocycles. The molecule has 0 unspecified atom stereocenters. The van der Waals surface area contributed by atoms with Crippen LogP contribution >= 0.6 is 0 Å². The van der Waals surface area contributed by atoms with Gasteiger partial charge in [-0.3, -0.25) is 19.5 Å². The number of non-ortho nitro benzene ring substituents is 1. The summed E-state index contributed by atoms with van der Waals surface area (Å²) in [6, 6.07) is 5.45. The van der Waals surface area contributed by atoms with Crippen LogP contribution in [0.25, 0.3) is 10.4 Å². The number of hydrogen-bond donors (Lipinski definition) is 5. The van der Waals surface area contributed by atoms with Crippen LogP contribution in [0.4, 0.5) is 11.5 Å². The molecular formula is C16H18N8O7. The Hall–Kier alpha value is -3.75. The number of aliphatic hydroxyl groups is 3. The summed E-state index contributed by atoms with van der Waals surface area (Å²) < 4.78 is 5.99. The Morgan fingerprint density at radius 3 is 2.74 bits per heavy atom. The molecule has 15 heteroatoms. The molecule has 6 N–H and O–H groups in total. The molecule has 2 aromatic rings. The molecule has 0 spiro atoms. The highest BCUT2D eigenvalue weighted by Crippen LogP contribution is 2.36. The van der Waals surface area contributed by atoms with Crippen LogP contribution < -0.4 is 11.1 Å². The molecule has 31 heavy (non-hydrogen) atoms. The van der Waals surface area contributed by atoms with Crippen molar-refractivity contribution >= 4 is 17.4 Å². The summed E-state index contributed by atoms with van der Waals surface area (Å²) >= 11 is 0. The number of carbonyl (C=O) groups is 1. The topological polar surface area (TPSA) is 235 Å². The molecule has 1 fully saturated rings. The monoisotopic (exact) mass is 434 g/mol. The van der Waals surface area contributed by atoms with Gasteiger partial charge in [0, 0.05) is 23.6 Å². The molecule has 15 nitrogen and oxygen atoms in total. The number of nitrogens with two attached hydrogens (primary N) is 1. The van der Waals surface area contributed by atoms with Crippen molar-refractivity contribution in [1.82, 2.24) is 14.9 Å². The summed E-state index contributed by atoms with van der Waals surface area (Å²) in [7, 11) is 0. The zero-order valence-electron chi connectivity index (χ0n) is 15.8. The fourth-order valence-electron chi connectivity index (χ4n) is 3.09. The van der Waals surface area contributed by atoms with E-state index in [0.717, 1.165) is 6.20 Å². The number of benzene rings is 1. The summed E-state index contributed by atoms with van der Waals surface area (Å²) in [6.07, 6.45) is -3.81. The van der Waals surface area contributed by atoms with Crippen LogP contribution in [0.1, 0.15) is 16.2 Å². The molecule has 164 valence electrons. The van der Waals surface area contributed by atoms with Crippen molar-refractivity contribution < 1.29 is 29.8 Å². The molecule has 0 aliphatic carbocycles. The second kappa shape index (κ2) is 8.55. The number of nitro benzene ring substituents is 1. The van der Waals surface area contributed by atoms with Crippen molar-refractivity contribution in [2.75, 3.05) is 12.3 Å². The molecule has 3 rings (SSSR count). The van der Waals surface area contributed by atoms with Gasteiger partial charge in [-0.05, 0) is 11.1 Å². The van der Waals surface area contributed by atoms with Gasteiger partial charge in [0.15, 0.2) is 6.10 Å². The Kier molecular flexibility index (Phi) is 6.05. The van der Waals surface area contributed by atoms with Crippen molar-refractivity contribution in [1.29, 1.82) is 0 Å². The Morgan fingerprint density at radius 1 is 1.45 bits per heavy atom. The van der Waals surface area contributed by atoms with Gasteiger partial charge in [-0.15, -0.1) is 0 Å². The number of azide groups is 1. The van der Waals surface area contributed by atoms with Crippen molar-refractivity contribution in [2.45, 2.75) is 30.8 Å². The number of aliphatic hydroxyl groups excluding tert-OH is 2. The van der Waals surface area contributed by atoms with E-state index >= 15 is 0 Å². The van der Waals surface area contributed by atoms with Gasteiger partial charge < -0.3 is 31.1 Å². The number of imidazole rings is 1. The minimum Gasteiger partial charge on any atom is -0.387 e. The second-order valence-corrected chi connectivity index (χ2v) is 6.61. The van der Waals surface area contributed by atoms with E-state index in [1.54, 1.807) is 0 Å². The number of nitrogens with one attached hydrogen (secondary N) is 1. The number of ether oxygens (including phenoxy) is 1. The largest absolute Gasteiger partial charge is 0.387 e. The molecule has 0 saturated carbocycles. The smallest absolute Gasteiger partial charge is 0.287 e. The molecule has 1 aromatic carbocycles. The molecule has 1 amide bonds. The van der Waals surface area contributed by atoms with Gasteiger partial charge >= 0.3 is 0 Å². The maximum absolute atomic E-state index is 12.6. The fourth-order valence-corrected chi connectivity index (χ4v) is 3.09. The Labute approximate surface area is 173 Å². The summed E-state index contributed by atoms with van der Waals surface area (Å²) in [5.41, 5.74) is 14.7. The number of hydrogen-bond acceptors (Lipinski definition) is 10. The molecule has 0 radical (unpaired) electrons. The van der Waals surface area contributed by atoms with Crippen LogP contribution in [0.5, 0.6) is 0 Å². The van der Waals surface area contributed by atoms with Crippen LogP contribution in [0.15, 0.2) is 35.6 Å². The minimum absolute atomic E-state index is 0.0342. The van der Waals surface area contributed by atoms with Crippen LogP contribution in [0.3, 0.4) is 0 Å². The van der Waals surface area contributed by atoms with Gasteiger partial charge in [0.05, 0.1) is 23.8 Å². The number of rotatable bonds is 7. The first kappa shape index (κ1) is 21.9. The maximum atomic E-state index is 12.6. The van der Waals surface area contributed by atoms with E-state index in [2.05, 4.69) is 20.3 Å². The van der Waals surface area contributed by atoms with E-state index in [4.69, 9.17) is 16.0 Å². The van der Waals surface area contributed by atoms with E-state index < -0.39 is 47.4 Å².